The second kappa shape index (κ2) is 4.33. The van der Waals surface area contributed by atoms with Gasteiger partial charge in [-0.25, -0.2) is 4.39 Å². The van der Waals surface area contributed by atoms with Gasteiger partial charge in [0.25, 0.3) is 0 Å². The fourth-order valence-corrected chi connectivity index (χ4v) is 1.33. The minimum atomic E-state index is -6.15. The number of rotatable bonds is 2. The Labute approximate surface area is 97.2 Å². The second-order valence-electron chi connectivity index (χ2n) is 3.28. The molecule has 0 aliphatic rings. The van der Waals surface area contributed by atoms with Crippen LogP contribution >= 0.6 is 0 Å². The van der Waals surface area contributed by atoms with E-state index in [1.54, 1.807) is 0 Å². The van der Waals surface area contributed by atoms with Gasteiger partial charge in [0.05, 0.1) is 7.11 Å². The van der Waals surface area contributed by atoms with E-state index in [9.17, 15) is 30.7 Å². The fraction of sp³-hybridized carbons (Fsp3) is 0.400. The number of alkyl halides is 7. The van der Waals surface area contributed by atoms with Gasteiger partial charge in [-0.1, -0.05) is 12.1 Å². The van der Waals surface area contributed by atoms with Gasteiger partial charge in [-0.3, -0.25) is 0 Å². The summed E-state index contributed by atoms with van der Waals surface area (Å²) in [5.41, 5.74) is -7.13. The van der Waals surface area contributed by atoms with E-state index < -0.39 is 29.3 Å². The smallest absolute Gasteiger partial charge is 0.436 e. The summed E-state index contributed by atoms with van der Waals surface area (Å²) >= 11 is 0. The van der Waals surface area contributed by atoms with Crippen LogP contribution in [0, 0.1) is 6.07 Å². The molecule has 0 aliphatic heterocycles. The quantitative estimate of drug-likeness (QED) is 0.746. The highest BCUT2D eigenvalue weighted by Crippen LogP contribution is 2.55. The lowest BCUT2D eigenvalue weighted by Gasteiger charge is -2.31. The number of hydrogen-bond donors (Lipinski definition) is 0. The third kappa shape index (κ3) is 2.11. The van der Waals surface area contributed by atoms with E-state index in [1.807, 2.05) is 0 Å². The van der Waals surface area contributed by atoms with E-state index in [4.69, 9.17) is 0 Å². The lowest BCUT2D eigenvalue weighted by Crippen LogP contribution is -2.50. The third-order valence-corrected chi connectivity index (χ3v) is 2.20. The molecule has 1 aromatic rings. The minimum absolute atomic E-state index is 0.333. The summed E-state index contributed by atoms with van der Waals surface area (Å²) in [7, 11) is 0.833. The molecule has 8 heteroatoms. The summed E-state index contributed by atoms with van der Waals surface area (Å²) in [5, 5.41) is 0. The van der Waals surface area contributed by atoms with E-state index in [0.29, 0.717) is 12.1 Å². The summed E-state index contributed by atoms with van der Waals surface area (Å²) in [5.74, 6) is -0.880. The molecule has 1 rings (SSSR count). The van der Waals surface area contributed by atoms with E-state index in [2.05, 4.69) is 10.8 Å². The molecular weight excluding hydrogens is 269 g/mol. The Morgan fingerprint density at radius 3 is 1.89 bits per heavy atom. The highest BCUT2D eigenvalue weighted by molar-refractivity contribution is 5.40. The molecule has 0 bridgehead atoms. The largest absolute Gasteiger partial charge is 0.496 e. The molecule has 0 aromatic heterocycles. The normalized spacial score (nSPS) is 13.6. The molecule has 1 aromatic carbocycles. The van der Waals surface area contributed by atoms with E-state index in [0.717, 1.165) is 13.2 Å². The van der Waals surface area contributed by atoms with Crippen LogP contribution in [0.2, 0.25) is 0 Å². The summed E-state index contributed by atoms with van der Waals surface area (Å²) in [4.78, 5) is 0. The number of hydrogen-bond acceptors (Lipinski definition) is 1. The maximum atomic E-state index is 13.6. The predicted molar refractivity (Wildman–Crippen MR) is 46.7 cm³/mol. The Hall–Kier alpha value is -1.47. The molecule has 0 fully saturated rings. The Bertz CT molecular complexity index is 407. The third-order valence-electron chi connectivity index (χ3n) is 2.20. The van der Waals surface area contributed by atoms with Crippen molar-refractivity contribution in [1.82, 2.24) is 0 Å². The molecule has 1 nitrogen and oxygen atoms in total. The minimum Gasteiger partial charge on any atom is -0.496 e. The lowest BCUT2D eigenvalue weighted by atomic mass is 9.93. The molecule has 0 N–H and O–H groups in total. The van der Waals surface area contributed by atoms with E-state index in [-0.39, 0.29) is 0 Å². The van der Waals surface area contributed by atoms with Gasteiger partial charge in [-0.15, -0.1) is 0 Å². The predicted octanol–water partition coefficient (Wildman–Crippen LogP) is 3.78. The number of benzene rings is 1. The van der Waals surface area contributed by atoms with Gasteiger partial charge in [0.1, 0.15) is 5.75 Å². The van der Waals surface area contributed by atoms with Crippen molar-refractivity contribution >= 4 is 0 Å². The van der Waals surface area contributed by atoms with Crippen LogP contribution in [0.1, 0.15) is 5.56 Å². The van der Waals surface area contributed by atoms with Gasteiger partial charge in [-0.2, -0.15) is 26.3 Å². The molecule has 101 valence electrons. The molecule has 0 saturated heterocycles. The Morgan fingerprint density at radius 2 is 1.50 bits per heavy atom. The monoisotopic (exact) mass is 275 g/mol. The molecule has 0 aliphatic carbocycles. The van der Waals surface area contributed by atoms with Crippen LogP contribution in [0.25, 0.3) is 0 Å². The second-order valence-corrected chi connectivity index (χ2v) is 3.28. The first-order valence-electron chi connectivity index (χ1n) is 4.42. The van der Waals surface area contributed by atoms with Crippen LogP contribution in [-0.4, -0.2) is 19.5 Å². The standard InChI is InChI=1S/C10H6F7O/c1-18-7-5-3-2-4-6(7)8(11,9(12,13)14)10(15,16)17/h2,4-5H,1H3. The SMILES string of the molecule is COc1c[c]ccc1C(F)(C(F)(F)F)C(F)(F)F. The summed E-state index contributed by atoms with van der Waals surface area (Å²) in [6, 6.07) is 3.97. The van der Waals surface area contributed by atoms with Gasteiger partial charge in [0, 0.05) is 5.56 Å². The molecule has 0 atom stereocenters. The fourth-order valence-electron chi connectivity index (χ4n) is 1.33. The topological polar surface area (TPSA) is 9.23 Å². The van der Waals surface area contributed by atoms with Crippen molar-refractivity contribution < 1.29 is 35.5 Å². The highest BCUT2D eigenvalue weighted by atomic mass is 19.4. The molecule has 0 saturated carbocycles. The van der Waals surface area contributed by atoms with Gasteiger partial charge in [-0.05, 0) is 12.1 Å². The van der Waals surface area contributed by atoms with E-state index >= 15 is 0 Å². The molecule has 0 heterocycles. The van der Waals surface area contributed by atoms with Crippen LogP contribution in [0.4, 0.5) is 30.7 Å². The van der Waals surface area contributed by atoms with Crippen LogP contribution in [-0.2, 0) is 5.67 Å². The molecular formula is C10H6F7O. The average molecular weight is 275 g/mol. The number of methoxy groups -OCH3 is 1. The van der Waals surface area contributed by atoms with Crippen molar-refractivity contribution in [2.45, 2.75) is 18.0 Å². The van der Waals surface area contributed by atoms with Crippen molar-refractivity contribution in [3.63, 3.8) is 0 Å². The Kier molecular flexibility index (Phi) is 3.51. The zero-order valence-corrected chi connectivity index (χ0v) is 8.79. The number of halogens is 7. The van der Waals surface area contributed by atoms with Crippen molar-refractivity contribution in [1.29, 1.82) is 0 Å². The van der Waals surface area contributed by atoms with Crippen molar-refractivity contribution in [2.24, 2.45) is 0 Å². The Morgan fingerprint density at radius 1 is 1.00 bits per heavy atom. The van der Waals surface area contributed by atoms with Crippen LogP contribution < -0.4 is 4.74 Å². The molecule has 18 heavy (non-hydrogen) atoms. The zero-order chi connectivity index (χ0) is 14.2. The summed E-state index contributed by atoms with van der Waals surface area (Å²) in [6.07, 6.45) is -12.3. The van der Waals surface area contributed by atoms with Gasteiger partial charge in [0.2, 0.25) is 0 Å². The molecule has 1 radical (unpaired) electrons. The van der Waals surface area contributed by atoms with Crippen LogP contribution in [0.15, 0.2) is 18.2 Å². The van der Waals surface area contributed by atoms with Crippen LogP contribution in [0.5, 0.6) is 5.75 Å². The van der Waals surface area contributed by atoms with Crippen molar-refractivity contribution in [3.05, 3.63) is 29.8 Å². The number of ether oxygens (including phenoxy) is 1. The molecule has 0 amide bonds. The van der Waals surface area contributed by atoms with Crippen molar-refractivity contribution in [2.75, 3.05) is 7.11 Å². The maximum Gasteiger partial charge on any atom is 0.436 e. The maximum absolute atomic E-state index is 13.6. The lowest BCUT2D eigenvalue weighted by molar-refractivity contribution is -0.349. The zero-order valence-electron chi connectivity index (χ0n) is 8.79. The molecule has 0 spiro atoms. The first-order chi connectivity index (χ1) is 8.05. The van der Waals surface area contributed by atoms with Crippen molar-refractivity contribution in [3.8, 4) is 5.75 Å². The van der Waals surface area contributed by atoms with Gasteiger partial charge >= 0.3 is 18.0 Å². The Balaban J connectivity index is 3.56. The highest BCUT2D eigenvalue weighted by Gasteiger charge is 2.74. The van der Waals surface area contributed by atoms with Gasteiger partial charge < -0.3 is 4.74 Å². The first-order valence-corrected chi connectivity index (χ1v) is 4.42. The summed E-state index contributed by atoms with van der Waals surface area (Å²) < 4.78 is 92.6. The average Bonchev–Trinajstić information content (AvgIpc) is 2.24. The van der Waals surface area contributed by atoms with E-state index in [1.165, 1.54) is 0 Å². The van der Waals surface area contributed by atoms with Gasteiger partial charge in [0.15, 0.2) is 0 Å². The first kappa shape index (κ1) is 14.6. The summed E-state index contributed by atoms with van der Waals surface area (Å²) in [6.45, 7) is 0. The van der Waals surface area contributed by atoms with Crippen LogP contribution in [0.3, 0.4) is 0 Å². The molecule has 0 unspecified atom stereocenters.